The molecule has 0 heteroatoms. The minimum absolute atomic E-state index is 0.709. The summed E-state index contributed by atoms with van der Waals surface area (Å²) in [6.07, 6.45) is 4.77. The van der Waals surface area contributed by atoms with Crippen LogP contribution in [0.15, 0.2) is 0 Å². The van der Waals surface area contributed by atoms with Crippen LogP contribution in [-0.2, 0) is 0 Å². The van der Waals surface area contributed by atoms with Crippen LogP contribution < -0.4 is 0 Å². The highest BCUT2D eigenvalue weighted by atomic mass is 14.8. The second-order valence-corrected chi connectivity index (χ2v) is 8.18. The molecule has 4 rings (SSSR count). The van der Waals surface area contributed by atoms with Crippen LogP contribution in [0.5, 0.6) is 0 Å². The van der Waals surface area contributed by atoms with Crippen molar-refractivity contribution in [2.75, 3.05) is 0 Å². The van der Waals surface area contributed by atoms with Crippen molar-refractivity contribution in [2.45, 2.75) is 47.0 Å². The maximum absolute atomic E-state index is 2.56. The van der Waals surface area contributed by atoms with E-state index in [4.69, 9.17) is 0 Å². The minimum atomic E-state index is 0.709. The molecule has 0 aliphatic heterocycles. The summed E-state index contributed by atoms with van der Waals surface area (Å²) in [5, 5.41) is 0. The lowest BCUT2D eigenvalue weighted by molar-refractivity contribution is 0.108. The van der Waals surface area contributed by atoms with E-state index >= 15 is 0 Å². The maximum Gasteiger partial charge on any atom is -0.0286 e. The molecule has 0 aromatic carbocycles. The predicted molar refractivity (Wildman–Crippen MR) is 66.9 cm³/mol. The van der Waals surface area contributed by atoms with Crippen molar-refractivity contribution in [3.8, 4) is 0 Å². The van der Waals surface area contributed by atoms with Crippen molar-refractivity contribution in [2.24, 2.45) is 52.8 Å². The first kappa shape index (κ1) is 9.97. The average molecular weight is 218 g/mol. The van der Waals surface area contributed by atoms with Gasteiger partial charge in [0.05, 0.1) is 0 Å². The van der Waals surface area contributed by atoms with E-state index in [2.05, 4.69) is 27.7 Å². The van der Waals surface area contributed by atoms with Crippen LogP contribution in [-0.4, -0.2) is 0 Å². The van der Waals surface area contributed by atoms with Gasteiger partial charge < -0.3 is 0 Å². The fraction of sp³-hybridized carbons (Fsp3) is 1.00. The molecule has 0 heterocycles. The first-order valence-electron chi connectivity index (χ1n) is 7.53. The molecule has 4 fully saturated rings. The summed E-state index contributed by atoms with van der Waals surface area (Å²) in [4.78, 5) is 0. The Bertz CT molecular complexity index is 311. The highest BCUT2D eigenvalue weighted by molar-refractivity contribution is 5.23. The Kier molecular flexibility index (Phi) is 1.68. The van der Waals surface area contributed by atoms with Crippen LogP contribution in [0.4, 0.5) is 0 Å². The molecular formula is C16H26. The maximum atomic E-state index is 2.56. The first-order valence-corrected chi connectivity index (χ1v) is 7.53. The Labute approximate surface area is 100 Å². The van der Waals surface area contributed by atoms with Crippen LogP contribution in [0.1, 0.15) is 47.0 Å². The van der Waals surface area contributed by atoms with Gasteiger partial charge in [0.1, 0.15) is 0 Å². The quantitative estimate of drug-likeness (QED) is 0.618. The Balaban J connectivity index is 1.73. The molecule has 7 atom stereocenters. The fourth-order valence-corrected chi connectivity index (χ4v) is 6.77. The second kappa shape index (κ2) is 2.70. The second-order valence-electron chi connectivity index (χ2n) is 8.18. The Morgan fingerprint density at radius 3 is 2.19 bits per heavy atom. The van der Waals surface area contributed by atoms with Gasteiger partial charge in [-0.2, -0.15) is 0 Å². The SMILES string of the molecule is CC(C)C1C2C3CCC(C3)C2C2C1C2(C)C. The number of hydrogen-bond donors (Lipinski definition) is 0. The highest BCUT2D eigenvalue weighted by Crippen LogP contribution is 2.80. The average Bonchev–Trinajstić information content (AvgIpc) is 2.73. The summed E-state index contributed by atoms with van der Waals surface area (Å²) < 4.78 is 0. The fourth-order valence-electron chi connectivity index (χ4n) is 6.77. The van der Waals surface area contributed by atoms with E-state index < -0.39 is 0 Å². The van der Waals surface area contributed by atoms with Gasteiger partial charge in [0.2, 0.25) is 0 Å². The van der Waals surface area contributed by atoms with Gasteiger partial charge in [-0.1, -0.05) is 27.7 Å². The number of hydrogen-bond acceptors (Lipinski definition) is 0. The molecule has 90 valence electrons. The zero-order valence-electron chi connectivity index (χ0n) is 11.2. The standard InChI is InChI=1S/C16H26/c1-8(2)11-12-9-5-6-10(7-9)13(12)15-14(11)16(15,3)4/h8-15H,5-7H2,1-4H3. The van der Waals surface area contributed by atoms with Crippen LogP contribution in [0.2, 0.25) is 0 Å². The van der Waals surface area contributed by atoms with E-state index in [9.17, 15) is 0 Å². The van der Waals surface area contributed by atoms with Crippen LogP contribution in [0.25, 0.3) is 0 Å². The zero-order chi connectivity index (χ0) is 11.2. The lowest BCUT2D eigenvalue weighted by Crippen LogP contribution is -2.32. The van der Waals surface area contributed by atoms with Gasteiger partial charge in [-0.05, 0) is 72.0 Å². The predicted octanol–water partition coefficient (Wildman–Crippen LogP) is 4.21. The molecule has 0 nitrogen and oxygen atoms in total. The normalized spacial score (nSPS) is 60.2. The van der Waals surface area contributed by atoms with Gasteiger partial charge in [0.15, 0.2) is 0 Å². The molecule has 0 saturated heterocycles. The summed E-state index contributed by atoms with van der Waals surface area (Å²) in [6.45, 7) is 10.1. The third-order valence-corrected chi connectivity index (χ3v) is 7.09. The van der Waals surface area contributed by atoms with E-state index in [1.165, 1.54) is 0 Å². The van der Waals surface area contributed by atoms with Crippen molar-refractivity contribution >= 4 is 0 Å². The molecule has 0 N–H and O–H groups in total. The van der Waals surface area contributed by atoms with E-state index in [-0.39, 0.29) is 0 Å². The van der Waals surface area contributed by atoms with Gasteiger partial charge >= 0.3 is 0 Å². The van der Waals surface area contributed by atoms with Gasteiger partial charge in [-0.25, -0.2) is 0 Å². The smallest absolute Gasteiger partial charge is 0.0286 e. The van der Waals surface area contributed by atoms with Crippen molar-refractivity contribution < 1.29 is 0 Å². The molecule has 4 saturated carbocycles. The molecule has 0 radical (unpaired) electrons. The molecule has 0 amide bonds. The molecule has 4 aliphatic rings. The third kappa shape index (κ3) is 0.910. The number of fused-ring (bicyclic) bond motifs is 7. The Morgan fingerprint density at radius 2 is 1.56 bits per heavy atom. The Morgan fingerprint density at radius 1 is 0.938 bits per heavy atom. The van der Waals surface area contributed by atoms with Crippen LogP contribution in [0.3, 0.4) is 0 Å². The van der Waals surface area contributed by atoms with Crippen molar-refractivity contribution in [1.29, 1.82) is 0 Å². The van der Waals surface area contributed by atoms with Crippen LogP contribution in [0, 0.1) is 52.8 Å². The number of rotatable bonds is 1. The molecule has 7 unspecified atom stereocenters. The molecule has 0 spiro atoms. The van der Waals surface area contributed by atoms with E-state index in [1.807, 2.05) is 0 Å². The summed E-state index contributed by atoms with van der Waals surface area (Å²) in [6, 6.07) is 0. The van der Waals surface area contributed by atoms with Crippen molar-refractivity contribution in [3.05, 3.63) is 0 Å². The zero-order valence-corrected chi connectivity index (χ0v) is 11.2. The highest BCUT2D eigenvalue weighted by Gasteiger charge is 2.75. The summed E-state index contributed by atoms with van der Waals surface area (Å²) >= 11 is 0. The largest absolute Gasteiger partial charge is 0.0625 e. The monoisotopic (exact) mass is 218 g/mol. The molecule has 2 bridgehead atoms. The third-order valence-electron chi connectivity index (χ3n) is 7.09. The van der Waals surface area contributed by atoms with Gasteiger partial charge in [0.25, 0.3) is 0 Å². The first-order chi connectivity index (χ1) is 7.53. The van der Waals surface area contributed by atoms with Gasteiger partial charge in [-0.15, -0.1) is 0 Å². The molecular weight excluding hydrogens is 192 g/mol. The van der Waals surface area contributed by atoms with E-state index in [0.29, 0.717) is 5.41 Å². The van der Waals surface area contributed by atoms with Crippen molar-refractivity contribution in [3.63, 3.8) is 0 Å². The summed E-state index contributed by atoms with van der Waals surface area (Å²) in [5.41, 5.74) is 0.709. The van der Waals surface area contributed by atoms with Crippen molar-refractivity contribution in [1.82, 2.24) is 0 Å². The summed E-state index contributed by atoms with van der Waals surface area (Å²) in [7, 11) is 0. The molecule has 0 aromatic rings. The Hall–Kier alpha value is 0. The molecule has 16 heavy (non-hydrogen) atoms. The topological polar surface area (TPSA) is 0 Å². The van der Waals surface area contributed by atoms with Gasteiger partial charge in [-0.3, -0.25) is 0 Å². The lowest BCUT2D eigenvalue weighted by Gasteiger charge is -2.37. The van der Waals surface area contributed by atoms with Gasteiger partial charge in [0, 0.05) is 0 Å². The minimum Gasteiger partial charge on any atom is -0.0625 e. The summed E-state index contributed by atoms with van der Waals surface area (Å²) in [5.74, 6) is 8.85. The van der Waals surface area contributed by atoms with Crippen LogP contribution >= 0.6 is 0 Å². The van der Waals surface area contributed by atoms with E-state index in [1.54, 1.807) is 19.3 Å². The molecule has 0 aromatic heterocycles. The molecule has 4 aliphatic carbocycles. The lowest BCUT2D eigenvalue weighted by atomic mass is 9.68. The van der Waals surface area contributed by atoms with E-state index in [0.717, 1.165) is 47.3 Å².